The maximum atomic E-state index is 12.0. The molecule has 1 rings (SSSR count). The smallest absolute Gasteiger partial charge is 0.326 e. The first-order chi connectivity index (χ1) is 9.31. The van der Waals surface area contributed by atoms with Gasteiger partial charge in [-0.15, -0.1) is 0 Å². The number of nitrogens with one attached hydrogen (secondary N) is 2. The van der Waals surface area contributed by atoms with Gasteiger partial charge in [0.25, 0.3) is 0 Å². The van der Waals surface area contributed by atoms with Crippen LogP contribution in [0.15, 0.2) is 0 Å². The molecular weight excluding hydrogens is 262 g/mol. The Balaban J connectivity index is 2.46. The Hall–Kier alpha value is -1.79. The van der Waals surface area contributed by atoms with Gasteiger partial charge in [-0.25, -0.2) is 9.59 Å². The number of amides is 3. The molecule has 114 valence electrons. The summed E-state index contributed by atoms with van der Waals surface area (Å²) in [6, 6.07) is -1.14. The Morgan fingerprint density at radius 3 is 2.15 bits per heavy atom. The van der Waals surface area contributed by atoms with Crippen LogP contribution in [0.5, 0.6) is 0 Å². The molecule has 1 aliphatic rings. The van der Waals surface area contributed by atoms with Gasteiger partial charge in [-0.05, 0) is 18.8 Å². The minimum Gasteiger partial charge on any atom is -0.480 e. The van der Waals surface area contributed by atoms with Gasteiger partial charge in [0.2, 0.25) is 5.91 Å². The van der Waals surface area contributed by atoms with E-state index in [2.05, 4.69) is 10.6 Å². The van der Waals surface area contributed by atoms with E-state index >= 15 is 0 Å². The molecule has 1 fully saturated rings. The monoisotopic (exact) mass is 285 g/mol. The minimum atomic E-state index is -1.03. The second kappa shape index (κ2) is 7.12. The summed E-state index contributed by atoms with van der Waals surface area (Å²) in [5.74, 6) is -1.27. The van der Waals surface area contributed by atoms with E-state index in [4.69, 9.17) is 5.11 Å². The summed E-state index contributed by atoms with van der Waals surface area (Å²) in [4.78, 5) is 35.6. The van der Waals surface area contributed by atoms with Gasteiger partial charge in [0.1, 0.15) is 6.04 Å². The molecule has 0 bridgehead atoms. The maximum Gasteiger partial charge on any atom is 0.326 e. The molecule has 20 heavy (non-hydrogen) atoms. The predicted octanol–water partition coefficient (Wildman–Crippen LogP) is 0.406. The zero-order valence-electron chi connectivity index (χ0n) is 12.2. The first-order valence-corrected chi connectivity index (χ1v) is 6.86. The molecule has 0 aromatic rings. The van der Waals surface area contributed by atoms with Gasteiger partial charge in [0.15, 0.2) is 0 Å². The molecule has 1 atom stereocenters. The highest BCUT2D eigenvalue weighted by atomic mass is 16.4. The average Bonchev–Trinajstić information content (AvgIpc) is 2.35. The van der Waals surface area contributed by atoms with Gasteiger partial charge in [-0.1, -0.05) is 13.8 Å². The highest BCUT2D eigenvalue weighted by Gasteiger charge is 2.28. The molecule has 0 aromatic carbocycles. The van der Waals surface area contributed by atoms with Crippen molar-refractivity contribution in [2.75, 3.05) is 13.1 Å². The van der Waals surface area contributed by atoms with E-state index < -0.39 is 12.0 Å². The number of rotatable bonds is 4. The molecule has 0 spiro atoms. The van der Waals surface area contributed by atoms with Crippen LogP contribution in [0, 0.1) is 5.92 Å². The second-order valence-electron chi connectivity index (χ2n) is 5.47. The molecule has 0 aromatic heterocycles. The van der Waals surface area contributed by atoms with Crippen molar-refractivity contribution < 1.29 is 19.5 Å². The highest BCUT2D eigenvalue weighted by Crippen LogP contribution is 2.11. The van der Waals surface area contributed by atoms with Crippen molar-refractivity contribution in [2.24, 2.45) is 5.92 Å². The first-order valence-electron chi connectivity index (χ1n) is 6.86. The number of urea groups is 1. The van der Waals surface area contributed by atoms with Gasteiger partial charge in [-0.3, -0.25) is 4.79 Å². The number of hydrogen-bond donors (Lipinski definition) is 3. The summed E-state index contributed by atoms with van der Waals surface area (Å²) < 4.78 is 0. The zero-order chi connectivity index (χ0) is 15.3. The Labute approximate surface area is 118 Å². The number of hydrogen-bond acceptors (Lipinski definition) is 3. The van der Waals surface area contributed by atoms with Crippen LogP contribution in [0.4, 0.5) is 4.79 Å². The van der Waals surface area contributed by atoms with Crippen LogP contribution in [0.1, 0.15) is 33.6 Å². The van der Waals surface area contributed by atoms with Gasteiger partial charge < -0.3 is 20.6 Å². The van der Waals surface area contributed by atoms with E-state index in [0.717, 1.165) is 0 Å². The van der Waals surface area contributed by atoms with Crippen molar-refractivity contribution in [3.8, 4) is 0 Å². The third kappa shape index (κ3) is 4.71. The minimum absolute atomic E-state index is 0.0707. The van der Waals surface area contributed by atoms with E-state index in [1.807, 2.05) is 0 Å². The Bertz CT molecular complexity index is 376. The van der Waals surface area contributed by atoms with Crippen LogP contribution in [-0.2, 0) is 9.59 Å². The summed E-state index contributed by atoms with van der Waals surface area (Å²) in [7, 11) is 0. The lowest BCUT2D eigenvalue weighted by Gasteiger charge is -2.33. The van der Waals surface area contributed by atoms with Gasteiger partial charge in [0, 0.05) is 26.1 Å². The molecule has 7 nitrogen and oxygen atoms in total. The number of carbonyl (C=O) groups is 3. The van der Waals surface area contributed by atoms with E-state index in [1.54, 1.807) is 18.7 Å². The van der Waals surface area contributed by atoms with Crippen LogP contribution in [0.25, 0.3) is 0 Å². The zero-order valence-corrected chi connectivity index (χ0v) is 12.2. The number of nitrogens with zero attached hydrogens (tertiary/aromatic N) is 1. The molecule has 1 heterocycles. The number of piperidine rings is 1. The number of aliphatic carboxylic acids is 1. The topological polar surface area (TPSA) is 98.7 Å². The fourth-order valence-electron chi connectivity index (χ4n) is 2.25. The molecule has 1 saturated heterocycles. The Morgan fingerprint density at radius 1 is 1.20 bits per heavy atom. The lowest BCUT2D eigenvalue weighted by molar-refractivity contribution is -0.140. The molecule has 0 saturated carbocycles. The van der Waals surface area contributed by atoms with Crippen LogP contribution in [-0.4, -0.2) is 53.1 Å². The van der Waals surface area contributed by atoms with Crippen molar-refractivity contribution in [3.05, 3.63) is 0 Å². The summed E-state index contributed by atoms with van der Waals surface area (Å²) in [5, 5.41) is 14.4. The molecular formula is C13H23N3O4. The van der Waals surface area contributed by atoms with Crippen molar-refractivity contribution in [3.63, 3.8) is 0 Å². The molecule has 0 radical (unpaired) electrons. The third-order valence-corrected chi connectivity index (χ3v) is 3.40. The highest BCUT2D eigenvalue weighted by molar-refractivity contribution is 5.82. The van der Waals surface area contributed by atoms with E-state index in [-0.39, 0.29) is 23.9 Å². The van der Waals surface area contributed by atoms with Crippen LogP contribution < -0.4 is 10.6 Å². The number of carboxylic acid groups (broad SMARTS) is 1. The summed E-state index contributed by atoms with van der Waals surface area (Å²) in [6.07, 6.45) is 1.37. The summed E-state index contributed by atoms with van der Waals surface area (Å²) in [5.41, 5.74) is 0. The average molecular weight is 285 g/mol. The summed E-state index contributed by atoms with van der Waals surface area (Å²) in [6.45, 7) is 6.01. The Morgan fingerprint density at radius 2 is 1.75 bits per heavy atom. The number of likely N-dealkylation sites (tertiary alicyclic amines) is 1. The number of carbonyl (C=O) groups excluding carboxylic acids is 2. The first kappa shape index (κ1) is 16.3. The molecule has 7 heteroatoms. The van der Waals surface area contributed by atoms with Crippen molar-refractivity contribution in [2.45, 2.75) is 45.7 Å². The van der Waals surface area contributed by atoms with E-state index in [0.29, 0.717) is 25.9 Å². The normalized spacial score (nSPS) is 17.7. The second-order valence-corrected chi connectivity index (χ2v) is 5.47. The van der Waals surface area contributed by atoms with Crippen molar-refractivity contribution in [1.29, 1.82) is 0 Å². The molecule has 3 amide bonds. The third-order valence-electron chi connectivity index (χ3n) is 3.40. The van der Waals surface area contributed by atoms with Crippen molar-refractivity contribution >= 4 is 17.9 Å². The molecule has 0 aliphatic carbocycles. The van der Waals surface area contributed by atoms with Crippen LogP contribution >= 0.6 is 0 Å². The lowest BCUT2D eigenvalue weighted by Crippen LogP contribution is -2.53. The van der Waals surface area contributed by atoms with Crippen LogP contribution in [0.2, 0.25) is 0 Å². The molecule has 0 unspecified atom stereocenters. The van der Waals surface area contributed by atoms with E-state index in [1.165, 1.54) is 6.92 Å². The van der Waals surface area contributed by atoms with Gasteiger partial charge in [0.05, 0.1) is 0 Å². The fourth-order valence-corrected chi connectivity index (χ4v) is 2.25. The SMILES string of the molecule is CC(=O)NC1CCN(C(=O)N[C@@H](C(=O)O)C(C)C)CC1. The maximum absolute atomic E-state index is 12.0. The van der Waals surface area contributed by atoms with E-state index in [9.17, 15) is 14.4 Å². The lowest BCUT2D eigenvalue weighted by atomic mass is 10.0. The van der Waals surface area contributed by atoms with Gasteiger partial charge >= 0.3 is 12.0 Å². The molecule has 3 N–H and O–H groups in total. The van der Waals surface area contributed by atoms with Crippen LogP contribution in [0.3, 0.4) is 0 Å². The largest absolute Gasteiger partial charge is 0.480 e. The summed E-state index contributed by atoms with van der Waals surface area (Å²) >= 11 is 0. The standard InChI is InChI=1S/C13H23N3O4/c1-8(2)11(12(18)19)15-13(20)16-6-4-10(5-7-16)14-9(3)17/h8,10-11H,4-7H2,1-3H3,(H,14,17)(H,15,20)(H,18,19)/t11-/m1/s1. The predicted molar refractivity (Wildman–Crippen MR) is 73.2 cm³/mol. The quantitative estimate of drug-likeness (QED) is 0.696. The Kier molecular flexibility index (Phi) is 5.79. The van der Waals surface area contributed by atoms with Gasteiger partial charge in [-0.2, -0.15) is 0 Å². The molecule has 1 aliphatic heterocycles. The van der Waals surface area contributed by atoms with Crippen molar-refractivity contribution in [1.82, 2.24) is 15.5 Å². The number of carboxylic acids is 1. The fraction of sp³-hybridized carbons (Fsp3) is 0.769.